The Hall–Kier alpha value is -2.17. The van der Waals surface area contributed by atoms with Crippen LogP contribution in [0.4, 0.5) is 5.95 Å². The number of nitrogens with two attached hydrogens (primary N) is 2. The highest BCUT2D eigenvalue weighted by Crippen LogP contribution is 2.31. The maximum atomic E-state index is 5.63. The van der Waals surface area contributed by atoms with Crippen LogP contribution in [0.3, 0.4) is 0 Å². The van der Waals surface area contributed by atoms with Crippen LogP contribution in [0, 0.1) is 13.8 Å². The molecule has 1 heterocycles. The van der Waals surface area contributed by atoms with Gasteiger partial charge < -0.3 is 16.3 Å². The van der Waals surface area contributed by atoms with Crippen molar-refractivity contribution in [3.8, 4) is 17.0 Å². The van der Waals surface area contributed by atoms with E-state index in [-0.39, 0.29) is 5.95 Å². The zero-order valence-electron chi connectivity index (χ0n) is 10.2. The van der Waals surface area contributed by atoms with Crippen LogP contribution >= 0.6 is 0 Å². The number of rotatable bonds is 2. The van der Waals surface area contributed by atoms with Gasteiger partial charge in [-0.3, -0.25) is 0 Å². The smallest absolute Gasteiger partial charge is 0.219 e. The lowest BCUT2D eigenvalue weighted by Gasteiger charge is -2.09. The highest BCUT2D eigenvalue weighted by Gasteiger charge is 2.12. The molecule has 90 valence electrons. The molecule has 0 atom stereocenters. The van der Waals surface area contributed by atoms with Crippen molar-refractivity contribution < 1.29 is 4.74 Å². The van der Waals surface area contributed by atoms with Crippen LogP contribution in [-0.4, -0.2) is 16.8 Å². The molecule has 0 saturated heterocycles. The van der Waals surface area contributed by atoms with E-state index in [2.05, 4.69) is 4.98 Å². The second-order valence-electron chi connectivity index (χ2n) is 4.03. The van der Waals surface area contributed by atoms with E-state index in [1.165, 1.54) is 15.8 Å². The monoisotopic (exact) mass is 232 g/mol. The highest BCUT2D eigenvalue weighted by molar-refractivity contribution is 5.69. The molecule has 5 nitrogen and oxygen atoms in total. The first-order chi connectivity index (χ1) is 8.02. The summed E-state index contributed by atoms with van der Waals surface area (Å²) in [6.45, 7) is 4.08. The van der Waals surface area contributed by atoms with E-state index < -0.39 is 0 Å². The molecule has 1 aromatic heterocycles. The Labute approximate surface area is 100.0 Å². The van der Waals surface area contributed by atoms with Crippen LogP contribution < -0.4 is 16.3 Å². The van der Waals surface area contributed by atoms with Gasteiger partial charge >= 0.3 is 0 Å². The molecule has 2 rings (SSSR count). The van der Waals surface area contributed by atoms with Gasteiger partial charge in [0.1, 0.15) is 5.75 Å². The average molecular weight is 232 g/mol. The quantitative estimate of drug-likeness (QED) is 0.768. The SMILES string of the molecule is COc1cc(C)c(C)cc1-c1cn(N)c(N)n1. The van der Waals surface area contributed by atoms with E-state index in [1.807, 2.05) is 26.0 Å². The number of methoxy groups -OCH3 is 1. The van der Waals surface area contributed by atoms with Gasteiger partial charge in [-0.15, -0.1) is 0 Å². The Morgan fingerprint density at radius 1 is 1.24 bits per heavy atom. The molecule has 0 aliphatic rings. The normalized spacial score (nSPS) is 10.5. The van der Waals surface area contributed by atoms with Crippen LogP contribution in [0.2, 0.25) is 0 Å². The van der Waals surface area contributed by atoms with E-state index in [9.17, 15) is 0 Å². The van der Waals surface area contributed by atoms with Gasteiger partial charge in [0.25, 0.3) is 0 Å². The summed E-state index contributed by atoms with van der Waals surface area (Å²) in [7, 11) is 1.64. The molecule has 0 amide bonds. The fourth-order valence-electron chi connectivity index (χ4n) is 1.70. The molecule has 0 spiro atoms. The maximum Gasteiger partial charge on any atom is 0.219 e. The number of hydrogen-bond acceptors (Lipinski definition) is 4. The van der Waals surface area contributed by atoms with Gasteiger partial charge in [0.05, 0.1) is 19.0 Å². The second-order valence-corrected chi connectivity index (χ2v) is 4.03. The Morgan fingerprint density at radius 3 is 2.41 bits per heavy atom. The van der Waals surface area contributed by atoms with Gasteiger partial charge in [-0.2, -0.15) is 0 Å². The number of benzene rings is 1. The number of aryl methyl sites for hydroxylation is 2. The van der Waals surface area contributed by atoms with Crippen LogP contribution in [0.15, 0.2) is 18.3 Å². The molecule has 17 heavy (non-hydrogen) atoms. The van der Waals surface area contributed by atoms with E-state index >= 15 is 0 Å². The van der Waals surface area contributed by atoms with Crippen molar-refractivity contribution in [2.45, 2.75) is 13.8 Å². The summed E-state index contributed by atoms with van der Waals surface area (Å²) in [6.07, 6.45) is 1.68. The third kappa shape index (κ3) is 1.91. The molecular weight excluding hydrogens is 216 g/mol. The molecular formula is C12H16N4O. The molecule has 1 aromatic carbocycles. The van der Waals surface area contributed by atoms with Gasteiger partial charge in [0, 0.05) is 5.56 Å². The summed E-state index contributed by atoms with van der Waals surface area (Å²) in [5.41, 5.74) is 9.58. The van der Waals surface area contributed by atoms with E-state index in [1.54, 1.807) is 13.3 Å². The van der Waals surface area contributed by atoms with Gasteiger partial charge in [-0.25, -0.2) is 9.66 Å². The Balaban J connectivity index is 2.61. The summed E-state index contributed by atoms with van der Waals surface area (Å²) in [5.74, 6) is 6.67. The van der Waals surface area contributed by atoms with Crippen molar-refractivity contribution in [3.05, 3.63) is 29.5 Å². The summed E-state index contributed by atoms with van der Waals surface area (Å²) < 4.78 is 6.65. The lowest BCUT2D eigenvalue weighted by Crippen LogP contribution is -2.09. The minimum Gasteiger partial charge on any atom is -0.496 e. The van der Waals surface area contributed by atoms with Gasteiger partial charge in [-0.1, -0.05) is 0 Å². The predicted octanol–water partition coefficient (Wildman–Crippen LogP) is 1.47. The van der Waals surface area contributed by atoms with Crippen LogP contribution in [0.1, 0.15) is 11.1 Å². The zero-order valence-corrected chi connectivity index (χ0v) is 10.2. The standard InChI is InChI=1S/C12H16N4O/c1-7-4-9(11(17-3)5-8(7)2)10-6-16(14)12(13)15-10/h4-6H,14H2,1-3H3,(H2,13,15). The third-order valence-corrected chi connectivity index (χ3v) is 2.85. The minimum absolute atomic E-state index is 0.278. The minimum atomic E-state index is 0.278. The largest absolute Gasteiger partial charge is 0.496 e. The maximum absolute atomic E-state index is 5.63. The first-order valence-corrected chi connectivity index (χ1v) is 5.28. The van der Waals surface area contributed by atoms with Crippen molar-refractivity contribution in [1.29, 1.82) is 0 Å². The van der Waals surface area contributed by atoms with Crippen LogP contribution in [0.5, 0.6) is 5.75 Å². The van der Waals surface area contributed by atoms with Crippen molar-refractivity contribution >= 4 is 5.95 Å². The fraction of sp³-hybridized carbons (Fsp3) is 0.250. The highest BCUT2D eigenvalue weighted by atomic mass is 16.5. The molecule has 0 unspecified atom stereocenters. The van der Waals surface area contributed by atoms with E-state index in [0.717, 1.165) is 11.3 Å². The number of imidazole rings is 1. The molecule has 0 fully saturated rings. The lowest BCUT2D eigenvalue weighted by molar-refractivity contribution is 0.416. The first kappa shape index (κ1) is 11.3. The molecule has 2 aromatic rings. The molecule has 0 bridgehead atoms. The van der Waals surface area contributed by atoms with Crippen LogP contribution in [0.25, 0.3) is 11.3 Å². The fourth-order valence-corrected chi connectivity index (χ4v) is 1.70. The van der Waals surface area contributed by atoms with Crippen molar-refractivity contribution in [1.82, 2.24) is 9.66 Å². The van der Waals surface area contributed by atoms with Gasteiger partial charge in [0.15, 0.2) is 0 Å². The Bertz CT molecular complexity index is 540. The van der Waals surface area contributed by atoms with Crippen molar-refractivity contribution in [3.63, 3.8) is 0 Å². The van der Waals surface area contributed by atoms with Gasteiger partial charge in [0.2, 0.25) is 5.95 Å². The predicted molar refractivity (Wildman–Crippen MR) is 68.3 cm³/mol. The number of aromatic nitrogens is 2. The number of ether oxygens (including phenoxy) is 1. The topological polar surface area (TPSA) is 79.1 Å². The molecule has 0 saturated carbocycles. The van der Waals surface area contributed by atoms with E-state index in [4.69, 9.17) is 16.3 Å². The molecule has 5 heteroatoms. The molecule has 0 radical (unpaired) electrons. The summed E-state index contributed by atoms with van der Waals surface area (Å²) in [4.78, 5) is 4.20. The van der Waals surface area contributed by atoms with E-state index in [0.29, 0.717) is 5.69 Å². The number of hydrogen-bond donors (Lipinski definition) is 2. The van der Waals surface area contributed by atoms with Gasteiger partial charge in [-0.05, 0) is 37.1 Å². The third-order valence-electron chi connectivity index (χ3n) is 2.85. The molecule has 4 N–H and O–H groups in total. The number of nitrogen functional groups attached to an aromatic ring is 2. The zero-order chi connectivity index (χ0) is 12.6. The summed E-state index contributed by atoms with van der Waals surface area (Å²) in [6, 6.07) is 4.01. The second kappa shape index (κ2) is 4.01. The van der Waals surface area contributed by atoms with Crippen molar-refractivity contribution in [2.75, 3.05) is 18.7 Å². The average Bonchev–Trinajstić information content (AvgIpc) is 2.62. The van der Waals surface area contributed by atoms with Crippen molar-refractivity contribution in [2.24, 2.45) is 0 Å². The molecule has 0 aliphatic carbocycles. The number of nitrogens with zero attached hydrogens (tertiary/aromatic N) is 2. The number of anilines is 1. The molecule has 0 aliphatic heterocycles. The summed E-state index contributed by atoms with van der Waals surface area (Å²) in [5, 5.41) is 0. The lowest BCUT2D eigenvalue weighted by atomic mass is 10.0. The van der Waals surface area contributed by atoms with Crippen LogP contribution in [-0.2, 0) is 0 Å². The summed E-state index contributed by atoms with van der Waals surface area (Å²) >= 11 is 0. The Morgan fingerprint density at radius 2 is 1.88 bits per heavy atom. The Kier molecular flexibility index (Phi) is 2.67. The first-order valence-electron chi connectivity index (χ1n) is 5.28.